The highest BCUT2D eigenvalue weighted by Gasteiger charge is 2.52. The zero-order valence-electron chi connectivity index (χ0n) is 36.3. The molecule has 15 rings (SSSR count). The van der Waals surface area contributed by atoms with Gasteiger partial charge in [0.1, 0.15) is 17.3 Å². The largest absolute Gasteiger partial charge is 0.312 e. The van der Waals surface area contributed by atoms with Crippen molar-refractivity contribution < 1.29 is 8.78 Å². The van der Waals surface area contributed by atoms with Gasteiger partial charge in [-0.3, -0.25) is 0 Å². The summed E-state index contributed by atoms with van der Waals surface area (Å²) in [5.74, 6) is -1.23. The molecule has 68 heavy (non-hydrogen) atoms. The zero-order chi connectivity index (χ0) is 44.8. The molecule has 0 amide bonds. The molecule has 0 N–H and O–H groups in total. The predicted molar refractivity (Wildman–Crippen MR) is 285 cm³/mol. The monoisotopic (exact) mass is 906 g/mol. The summed E-state index contributed by atoms with van der Waals surface area (Å²) in [5.41, 5.74) is 18.3. The summed E-state index contributed by atoms with van der Waals surface area (Å²) < 4.78 is 36.6. The summed E-state index contributed by atoms with van der Waals surface area (Å²) in [6, 6.07) is 71.8. The number of hydrogen-bond donors (Lipinski definition) is 0. The van der Waals surface area contributed by atoms with E-state index >= 15 is 8.78 Å². The van der Waals surface area contributed by atoms with Crippen LogP contribution in [-0.2, 0) is 0 Å². The van der Waals surface area contributed by atoms with Crippen molar-refractivity contribution in [1.29, 1.82) is 0 Å². The summed E-state index contributed by atoms with van der Waals surface area (Å²) in [4.78, 5) is 6.72. The van der Waals surface area contributed by atoms with Gasteiger partial charge < -0.3 is 9.80 Å². The van der Waals surface area contributed by atoms with E-state index in [4.69, 9.17) is 0 Å². The Labute approximate surface area is 400 Å². The van der Waals surface area contributed by atoms with Crippen LogP contribution in [0.5, 0.6) is 0 Å². The highest BCUT2D eigenvalue weighted by molar-refractivity contribution is 8.00. The first-order valence-corrected chi connectivity index (χ1v) is 24.7. The van der Waals surface area contributed by atoms with Gasteiger partial charge in [0.25, 0.3) is 6.71 Å². The van der Waals surface area contributed by atoms with Crippen LogP contribution in [0.3, 0.4) is 0 Å². The molecule has 0 saturated heterocycles. The Balaban J connectivity index is 1.17. The van der Waals surface area contributed by atoms with Gasteiger partial charge in [-0.15, -0.1) is 11.3 Å². The molecule has 316 valence electrons. The summed E-state index contributed by atoms with van der Waals surface area (Å²) >= 11 is 3.58. The molecule has 8 heteroatoms. The average Bonchev–Trinajstić information content (AvgIpc) is 3.78. The first kappa shape index (κ1) is 38.5. The molecule has 0 unspecified atom stereocenters. The third kappa shape index (κ3) is 5.24. The number of anilines is 6. The minimum atomic E-state index is -0.615. The van der Waals surface area contributed by atoms with Gasteiger partial charge in [0.15, 0.2) is 0 Å². The lowest BCUT2D eigenvalue weighted by molar-refractivity contribution is 0.586. The van der Waals surface area contributed by atoms with Gasteiger partial charge in [-0.2, -0.15) is 0 Å². The van der Waals surface area contributed by atoms with E-state index in [1.807, 2.05) is 11.0 Å². The van der Waals surface area contributed by atoms with Crippen LogP contribution >= 0.6 is 23.1 Å². The number of hydrogen-bond acceptors (Lipinski definition) is 4. The van der Waals surface area contributed by atoms with E-state index in [0.717, 1.165) is 88.5 Å². The number of thiophene rings is 1. The van der Waals surface area contributed by atoms with Gasteiger partial charge in [-0.25, -0.2) is 8.78 Å². The third-order valence-corrected chi connectivity index (χ3v) is 17.0. The van der Waals surface area contributed by atoms with E-state index in [-0.39, 0.29) is 19.1 Å². The highest BCUT2D eigenvalue weighted by atomic mass is 32.2. The van der Waals surface area contributed by atoms with Crippen molar-refractivity contribution in [3.63, 3.8) is 0 Å². The van der Waals surface area contributed by atoms with E-state index in [0.29, 0.717) is 0 Å². The van der Waals surface area contributed by atoms with Crippen LogP contribution in [0.15, 0.2) is 216 Å². The highest BCUT2D eigenvalue weighted by Crippen LogP contribution is 2.56. The summed E-state index contributed by atoms with van der Waals surface area (Å²) in [6.07, 6.45) is 0. The van der Waals surface area contributed by atoms with Crippen molar-refractivity contribution in [2.75, 3.05) is 9.80 Å². The Kier molecular flexibility index (Phi) is 8.16. The minimum absolute atomic E-state index is 0.0812. The number of nitrogens with zero attached hydrogens (tertiary/aromatic N) is 2. The number of halogens is 2. The molecule has 0 bridgehead atoms. The minimum Gasteiger partial charge on any atom is -0.312 e. The second-order valence-electron chi connectivity index (χ2n) is 18.1. The van der Waals surface area contributed by atoms with Crippen molar-refractivity contribution >= 4 is 124 Å². The normalized spacial score (nSPS) is 13.6. The maximum atomic E-state index is 17.1. The number of rotatable bonds is 4. The van der Waals surface area contributed by atoms with Crippen molar-refractivity contribution in [3.8, 4) is 33.4 Å². The molecule has 0 atom stereocenters. The molecule has 11 aromatic rings. The summed E-state index contributed by atoms with van der Waals surface area (Å²) in [5, 5.41) is 2.32. The van der Waals surface area contributed by atoms with Gasteiger partial charge in [-0.1, -0.05) is 175 Å². The SMILES string of the molecule is Fc1cccc(F)c1N1c2ccccc2B2c3cc(-c4ccccc4)ccc3N3c4ccc(-c5ccccc5)cc4B4c5ccccc5Sc5c4c3c2c1c5-c1cccc2sc3ccccc3c12. The van der Waals surface area contributed by atoms with Crippen LogP contribution in [0.2, 0.25) is 0 Å². The van der Waals surface area contributed by atoms with Gasteiger partial charge in [-0.05, 0) is 104 Å². The van der Waals surface area contributed by atoms with Gasteiger partial charge in [0.2, 0.25) is 6.71 Å². The zero-order valence-corrected chi connectivity index (χ0v) is 37.9. The molecule has 0 spiro atoms. The second kappa shape index (κ2) is 14.4. The van der Waals surface area contributed by atoms with Crippen LogP contribution in [-0.4, -0.2) is 13.4 Å². The van der Waals surface area contributed by atoms with Crippen molar-refractivity contribution in [2.24, 2.45) is 0 Å². The van der Waals surface area contributed by atoms with Crippen molar-refractivity contribution in [3.05, 3.63) is 218 Å². The van der Waals surface area contributed by atoms with E-state index in [9.17, 15) is 0 Å². The topological polar surface area (TPSA) is 6.48 Å². The lowest BCUT2D eigenvalue weighted by Gasteiger charge is -2.50. The smallest absolute Gasteiger partial charge is 0.252 e. The first-order chi connectivity index (χ1) is 33.6. The standard InChI is InChI=1S/C60H34B2F2N2S2/c63-45-23-14-24-46(64)57(45)66-47-25-10-8-21-41(47)61-43-33-37(35-15-3-1-4-16-35)29-31-48(43)65-49-32-30-38(36-17-5-2-6-18-36)34-44(49)62-42-22-9-12-27-51(42)68-60-54(58(66)55(61)59(65)56(60)62)40-20-13-28-52-53(40)39-19-7-11-26-50(39)67-52/h1-34H. The van der Waals surface area contributed by atoms with Crippen LogP contribution < -0.4 is 42.6 Å². The third-order valence-electron chi connectivity index (χ3n) is 14.6. The molecule has 0 saturated carbocycles. The maximum Gasteiger partial charge on any atom is 0.252 e. The molecule has 2 nitrogen and oxygen atoms in total. The van der Waals surface area contributed by atoms with Crippen LogP contribution in [0.4, 0.5) is 42.9 Å². The first-order valence-electron chi connectivity index (χ1n) is 23.0. The van der Waals surface area contributed by atoms with Crippen LogP contribution in [0.1, 0.15) is 0 Å². The van der Waals surface area contributed by atoms with E-state index in [2.05, 4.69) is 187 Å². The lowest BCUT2D eigenvalue weighted by Crippen LogP contribution is -2.68. The van der Waals surface area contributed by atoms with Crippen molar-refractivity contribution in [1.82, 2.24) is 0 Å². The van der Waals surface area contributed by atoms with Crippen LogP contribution in [0.25, 0.3) is 53.6 Å². The average molecular weight is 907 g/mol. The molecule has 4 aliphatic rings. The summed E-state index contributed by atoms with van der Waals surface area (Å²) in [7, 11) is 0. The number of benzene rings is 10. The Morgan fingerprint density at radius 1 is 0.397 bits per heavy atom. The fraction of sp³-hybridized carbons (Fsp3) is 0. The predicted octanol–water partition coefficient (Wildman–Crippen LogP) is 12.7. The summed E-state index contributed by atoms with van der Waals surface area (Å²) in [6.45, 7) is -0.427. The van der Waals surface area contributed by atoms with E-state index in [1.54, 1.807) is 23.1 Å². The molecule has 5 heterocycles. The molecule has 0 radical (unpaired) electrons. The molecule has 1 aromatic heterocycles. The van der Waals surface area contributed by atoms with Gasteiger partial charge >= 0.3 is 0 Å². The Bertz CT molecular complexity index is 3940. The molecule has 0 aliphatic carbocycles. The number of para-hydroxylation sites is 2. The number of fused-ring (bicyclic) bond motifs is 13. The van der Waals surface area contributed by atoms with Gasteiger partial charge in [0.05, 0.1) is 5.69 Å². The second-order valence-corrected chi connectivity index (χ2v) is 20.2. The van der Waals surface area contributed by atoms with E-state index < -0.39 is 11.6 Å². The molecule has 10 aromatic carbocycles. The fourth-order valence-corrected chi connectivity index (χ4v) is 14.4. The molecule has 0 fully saturated rings. The molecule has 4 aliphatic heterocycles. The molecular formula is C60H34B2F2N2S2. The maximum absolute atomic E-state index is 17.1. The van der Waals surface area contributed by atoms with E-state index in [1.165, 1.54) is 54.3 Å². The van der Waals surface area contributed by atoms with Crippen LogP contribution in [0, 0.1) is 11.6 Å². The Hall–Kier alpha value is -7.64. The Morgan fingerprint density at radius 2 is 0.971 bits per heavy atom. The fourth-order valence-electron chi connectivity index (χ4n) is 11.9. The lowest BCUT2D eigenvalue weighted by atomic mass is 9.29. The van der Waals surface area contributed by atoms with Gasteiger partial charge in [0, 0.05) is 58.3 Å². The quantitative estimate of drug-likeness (QED) is 0.163. The van der Waals surface area contributed by atoms with Crippen molar-refractivity contribution in [2.45, 2.75) is 9.79 Å². The molecular weight excluding hydrogens is 872 g/mol. The Morgan fingerprint density at radius 3 is 1.69 bits per heavy atom.